The SMILES string of the molecule is CC/C=C\C/C=C\C/C=C\C/C=C\C/C=C\C/C=C\C/C=C\C/C=C\CCCCCCCCCCCCCCC(=O)OC(COC(=O)CC/C=C\C/C=C\C/C=C\C/C=C\CC)COP(=O)(O)OCCN. The van der Waals surface area contributed by atoms with E-state index in [0.29, 0.717) is 12.8 Å². The van der Waals surface area contributed by atoms with Crippen molar-refractivity contribution < 1.29 is 37.6 Å². The van der Waals surface area contributed by atoms with Crippen molar-refractivity contribution in [3.63, 3.8) is 0 Å². The van der Waals surface area contributed by atoms with Crippen LogP contribution in [-0.4, -0.2) is 49.3 Å². The summed E-state index contributed by atoms with van der Waals surface area (Å²) in [6.07, 6.45) is 79.3. The topological polar surface area (TPSA) is 134 Å². The second-order valence-electron chi connectivity index (χ2n) is 17.3. The molecule has 9 nitrogen and oxygen atoms in total. The Morgan fingerprint density at radius 3 is 1.14 bits per heavy atom. The molecule has 0 aromatic heterocycles. The molecule has 0 bridgehead atoms. The van der Waals surface area contributed by atoms with E-state index >= 15 is 0 Å². The largest absolute Gasteiger partial charge is 0.472 e. The number of allylic oxidation sites excluding steroid dienone is 24. The third-order valence-electron chi connectivity index (χ3n) is 10.7. The summed E-state index contributed by atoms with van der Waals surface area (Å²) >= 11 is 0. The Balaban J connectivity index is 3.99. The molecule has 400 valence electrons. The van der Waals surface area contributed by atoms with Crippen LogP contribution in [0.2, 0.25) is 0 Å². The first-order chi connectivity index (χ1) is 34.8. The van der Waals surface area contributed by atoms with Gasteiger partial charge in [0.15, 0.2) is 6.10 Å². The highest BCUT2D eigenvalue weighted by atomic mass is 31.2. The summed E-state index contributed by atoms with van der Waals surface area (Å²) in [5, 5.41) is 0. The summed E-state index contributed by atoms with van der Waals surface area (Å²) in [5.41, 5.74) is 5.36. The Morgan fingerprint density at radius 2 is 0.761 bits per heavy atom. The van der Waals surface area contributed by atoms with Gasteiger partial charge in [-0.15, -0.1) is 0 Å². The Bertz CT molecular complexity index is 1660. The monoisotopic (exact) mass is 1000 g/mol. The molecule has 3 N–H and O–H groups in total. The van der Waals surface area contributed by atoms with E-state index in [1.807, 2.05) is 12.2 Å². The molecule has 10 heteroatoms. The maximum absolute atomic E-state index is 12.7. The van der Waals surface area contributed by atoms with Gasteiger partial charge in [0, 0.05) is 19.4 Å². The highest BCUT2D eigenvalue weighted by Crippen LogP contribution is 2.43. The van der Waals surface area contributed by atoms with Gasteiger partial charge in [-0.25, -0.2) is 4.57 Å². The molecule has 71 heavy (non-hydrogen) atoms. The predicted octanol–water partition coefficient (Wildman–Crippen LogP) is 17.2. The van der Waals surface area contributed by atoms with Crippen molar-refractivity contribution in [1.29, 1.82) is 0 Å². The fraction of sp³-hybridized carbons (Fsp3) is 0.574. The van der Waals surface area contributed by atoms with Crippen LogP contribution >= 0.6 is 7.82 Å². The molecule has 2 atom stereocenters. The number of nitrogens with two attached hydrogens (primary N) is 1. The number of phosphoric ester groups is 1. The van der Waals surface area contributed by atoms with Crippen molar-refractivity contribution in [1.82, 2.24) is 0 Å². The van der Waals surface area contributed by atoms with Gasteiger partial charge in [-0.3, -0.25) is 18.6 Å². The van der Waals surface area contributed by atoms with Crippen molar-refractivity contribution >= 4 is 19.8 Å². The predicted molar refractivity (Wildman–Crippen MR) is 302 cm³/mol. The maximum Gasteiger partial charge on any atom is 0.472 e. The number of hydrogen-bond donors (Lipinski definition) is 2. The minimum atomic E-state index is -4.41. The molecule has 0 rings (SSSR count). The molecule has 0 aromatic carbocycles. The Kier molecular flexibility index (Phi) is 52.0. The lowest BCUT2D eigenvalue weighted by atomic mass is 10.0. The van der Waals surface area contributed by atoms with Crippen LogP contribution in [0.15, 0.2) is 146 Å². The summed E-state index contributed by atoms with van der Waals surface area (Å²) in [4.78, 5) is 35.0. The molecule has 0 radical (unpaired) electrons. The van der Waals surface area contributed by atoms with E-state index < -0.39 is 32.5 Å². The van der Waals surface area contributed by atoms with Gasteiger partial charge in [-0.2, -0.15) is 0 Å². The summed E-state index contributed by atoms with van der Waals surface area (Å²) in [7, 11) is -4.41. The van der Waals surface area contributed by atoms with Crippen LogP contribution < -0.4 is 5.73 Å². The summed E-state index contributed by atoms with van der Waals surface area (Å²) in [5.74, 6) is -0.936. The molecular formula is C61H98NO8P. The van der Waals surface area contributed by atoms with Crippen LogP contribution in [0.25, 0.3) is 0 Å². The average Bonchev–Trinajstić information content (AvgIpc) is 3.36. The highest BCUT2D eigenvalue weighted by Gasteiger charge is 2.26. The molecule has 0 aliphatic rings. The molecule has 0 amide bonds. The van der Waals surface area contributed by atoms with Crippen molar-refractivity contribution in [3.8, 4) is 0 Å². The fourth-order valence-corrected chi connectivity index (χ4v) is 7.55. The summed E-state index contributed by atoms with van der Waals surface area (Å²) in [6.45, 7) is 3.39. The average molecular weight is 1000 g/mol. The van der Waals surface area contributed by atoms with E-state index in [0.717, 1.165) is 103 Å². The third-order valence-corrected chi connectivity index (χ3v) is 11.7. The third kappa shape index (κ3) is 55.1. The second kappa shape index (κ2) is 55.2. The zero-order valence-corrected chi connectivity index (χ0v) is 45.3. The van der Waals surface area contributed by atoms with Crippen molar-refractivity contribution in [2.24, 2.45) is 5.73 Å². The molecule has 0 heterocycles. The molecule has 2 unspecified atom stereocenters. The van der Waals surface area contributed by atoms with Crippen LogP contribution in [0.3, 0.4) is 0 Å². The lowest BCUT2D eigenvalue weighted by Crippen LogP contribution is -2.29. The first-order valence-electron chi connectivity index (χ1n) is 27.3. The van der Waals surface area contributed by atoms with Gasteiger partial charge < -0.3 is 20.1 Å². The quantitative estimate of drug-likeness (QED) is 0.0264. The van der Waals surface area contributed by atoms with Gasteiger partial charge in [0.05, 0.1) is 13.2 Å². The minimum absolute atomic E-state index is 0.0373. The first kappa shape index (κ1) is 66.9. The number of rotatable bonds is 49. The molecule has 0 saturated carbocycles. The minimum Gasteiger partial charge on any atom is -0.462 e. The van der Waals surface area contributed by atoms with E-state index in [1.165, 1.54) is 51.4 Å². The van der Waals surface area contributed by atoms with E-state index in [4.69, 9.17) is 24.3 Å². The van der Waals surface area contributed by atoms with Crippen molar-refractivity contribution in [2.45, 2.75) is 200 Å². The Morgan fingerprint density at radius 1 is 0.423 bits per heavy atom. The number of carbonyl (C=O) groups excluding carboxylic acids is 2. The summed E-state index contributed by atoms with van der Waals surface area (Å²) < 4.78 is 32.8. The normalized spacial score (nSPS) is 14.3. The molecule has 0 saturated heterocycles. The van der Waals surface area contributed by atoms with Crippen molar-refractivity contribution in [3.05, 3.63) is 146 Å². The van der Waals surface area contributed by atoms with Gasteiger partial charge >= 0.3 is 19.8 Å². The number of hydrogen-bond acceptors (Lipinski definition) is 8. The number of ether oxygens (including phenoxy) is 2. The van der Waals surface area contributed by atoms with Crippen LogP contribution in [0, 0.1) is 0 Å². The van der Waals surface area contributed by atoms with E-state index in [1.54, 1.807) is 0 Å². The van der Waals surface area contributed by atoms with Crippen LogP contribution in [0.4, 0.5) is 0 Å². The zero-order valence-electron chi connectivity index (χ0n) is 44.4. The van der Waals surface area contributed by atoms with E-state index in [2.05, 4.69) is 148 Å². The molecular weight excluding hydrogens is 906 g/mol. The molecule has 0 aromatic rings. The van der Waals surface area contributed by atoms with Crippen LogP contribution in [0.5, 0.6) is 0 Å². The van der Waals surface area contributed by atoms with E-state index in [-0.39, 0.29) is 32.6 Å². The van der Waals surface area contributed by atoms with E-state index in [9.17, 15) is 19.0 Å². The summed E-state index contributed by atoms with van der Waals surface area (Å²) in [6, 6.07) is 0. The molecule has 0 aliphatic heterocycles. The van der Waals surface area contributed by atoms with Gasteiger partial charge in [0.25, 0.3) is 0 Å². The van der Waals surface area contributed by atoms with Gasteiger partial charge in [0.2, 0.25) is 0 Å². The number of esters is 2. The number of phosphoric acid groups is 1. The Labute approximate surface area is 433 Å². The van der Waals surface area contributed by atoms with Crippen LogP contribution in [0.1, 0.15) is 194 Å². The highest BCUT2D eigenvalue weighted by molar-refractivity contribution is 7.47. The van der Waals surface area contributed by atoms with Gasteiger partial charge in [0.1, 0.15) is 6.61 Å². The number of unbranched alkanes of at least 4 members (excludes halogenated alkanes) is 12. The molecule has 0 spiro atoms. The lowest BCUT2D eigenvalue weighted by molar-refractivity contribution is -0.161. The first-order valence-corrected chi connectivity index (χ1v) is 28.8. The standard InChI is InChI=1S/C61H98NO8P/c1-3-5-7-9-11-13-15-17-18-19-20-21-22-23-24-25-26-27-28-29-30-31-32-33-34-35-36-37-38-39-40-42-44-46-48-50-52-54-61(64)70-59(58-69-71(65,66)68-56-55-62)57-67-60(63)53-51-49-47-45-43-41-16-14-12-10-8-6-4-2/h5-8,11-14,17-18,20-21,23-24,26-27,29-30,32-33,41,43,47,49,59H,3-4,9-10,15-16,19,22,25,28,31,34-40,42,44-46,48,50-58,62H2,1-2H3,(H,65,66)/b7-5-,8-6-,13-11-,14-12-,18-17-,21-20-,24-23-,27-26-,30-29-,33-32-,43-41-,49-47-. The van der Waals surface area contributed by atoms with Gasteiger partial charge in [-0.05, 0) is 103 Å². The van der Waals surface area contributed by atoms with Crippen LogP contribution in [-0.2, 0) is 32.7 Å². The lowest BCUT2D eigenvalue weighted by Gasteiger charge is -2.19. The maximum atomic E-state index is 12.7. The zero-order chi connectivity index (χ0) is 51.7. The van der Waals surface area contributed by atoms with Gasteiger partial charge in [-0.1, -0.05) is 224 Å². The Hall–Kier alpha value is -4.11. The molecule has 0 fully saturated rings. The second-order valence-corrected chi connectivity index (χ2v) is 18.8. The fourth-order valence-electron chi connectivity index (χ4n) is 6.78. The number of carbonyl (C=O) groups is 2. The van der Waals surface area contributed by atoms with Crippen molar-refractivity contribution in [2.75, 3.05) is 26.4 Å². The molecule has 0 aliphatic carbocycles. The smallest absolute Gasteiger partial charge is 0.462 e.